The van der Waals surface area contributed by atoms with Crippen LogP contribution in [-0.2, 0) is 11.2 Å². The molecule has 3 nitrogen and oxygen atoms in total. The highest BCUT2D eigenvalue weighted by molar-refractivity contribution is 5.90. The van der Waals surface area contributed by atoms with Crippen LogP contribution in [-0.4, -0.2) is 38.2 Å². The van der Waals surface area contributed by atoms with Crippen molar-refractivity contribution in [3.05, 3.63) is 66.2 Å². The van der Waals surface area contributed by atoms with Crippen LogP contribution in [0, 0.1) is 0 Å². The fourth-order valence-electron chi connectivity index (χ4n) is 2.48. The van der Waals surface area contributed by atoms with E-state index < -0.39 is 5.97 Å². The predicted molar refractivity (Wildman–Crippen MR) is 99.5 cm³/mol. The predicted octanol–water partition coefficient (Wildman–Crippen LogP) is 4.28. The first-order valence-corrected chi connectivity index (χ1v) is 8.29. The molecule has 0 saturated carbocycles. The summed E-state index contributed by atoms with van der Waals surface area (Å²) < 4.78 is 17.6. The summed E-state index contributed by atoms with van der Waals surface area (Å²) in [6.45, 7) is 3.92. The van der Waals surface area contributed by atoms with Gasteiger partial charge in [0.05, 0.1) is 6.67 Å². The molecule has 4 heteroatoms. The highest BCUT2D eigenvalue weighted by Crippen LogP contribution is 2.23. The van der Waals surface area contributed by atoms with E-state index >= 15 is 0 Å². The molecular weight excluding hydrogens is 317 g/mol. The van der Waals surface area contributed by atoms with Crippen LogP contribution in [0.4, 0.5) is 4.39 Å². The first-order valence-electron chi connectivity index (χ1n) is 8.29. The normalized spacial score (nSPS) is 10.7. The fourth-order valence-corrected chi connectivity index (χ4v) is 2.48. The average Bonchev–Trinajstić information content (AvgIpc) is 2.60. The van der Waals surface area contributed by atoms with E-state index in [9.17, 15) is 9.18 Å². The quantitative estimate of drug-likeness (QED) is 0.408. The van der Waals surface area contributed by atoms with Gasteiger partial charge in [-0.15, -0.1) is 0 Å². The van der Waals surface area contributed by atoms with E-state index in [1.807, 2.05) is 55.4 Å². The van der Waals surface area contributed by atoms with Crippen molar-refractivity contribution in [2.45, 2.75) is 12.8 Å². The Morgan fingerprint density at radius 2 is 1.60 bits per heavy atom. The van der Waals surface area contributed by atoms with Gasteiger partial charge in [-0.05, 0) is 55.8 Å². The smallest absolute Gasteiger partial charge is 0.340 e. The molecule has 0 saturated heterocycles. The minimum absolute atomic E-state index is 0.289. The van der Waals surface area contributed by atoms with E-state index in [1.54, 1.807) is 12.1 Å². The van der Waals surface area contributed by atoms with Crippen molar-refractivity contribution in [2.75, 3.05) is 27.3 Å². The number of hydrogen-bond donors (Lipinski definition) is 0. The van der Waals surface area contributed by atoms with Gasteiger partial charge in [0.2, 0.25) is 0 Å². The third-order valence-corrected chi connectivity index (χ3v) is 3.75. The minimum atomic E-state index is -0.418. The van der Waals surface area contributed by atoms with Crippen LogP contribution < -0.4 is 4.74 Å². The van der Waals surface area contributed by atoms with Gasteiger partial charge < -0.3 is 9.64 Å². The lowest BCUT2D eigenvalue weighted by Crippen LogP contribution is -2.22. The van der Waals surface area contributed by atoms with E-state index in [4.69, 9.17) is 4.74 Å². The maximum absolute atomic E-state index is 12.2. The highest BCUT2D eigenvalue weighted by atomic mass is 19.1. The van der Waals surface area contributed by atoms with E-state index in [0.29, 0.717) is 24.3 Å². The Morgan fingerprint density at radius 3 is 2.12 bits per heavy atom. The number of hydrogen-bond acceptors (Lipinski definition) is 3. The molecule has 0 aliphatic heterocycles. The van der Waals surface area contributed by atoms with E-state index in [2.05, 4.69) is 6.58 Å². The first-order chi connectivity index (χ1) is 12.0. The lowest BCUT2D eigenvalue weighted by Gasteiger charge is -2.11. The summed E-state index contributed by atoms with van der Waals surface area (Å²) in [6, 6.07) is 15.4. The Labute approximate surface area is 148 Å². The van der Waals surface area contributed by atoms with Gasteiger partial charge in [0, 0.05) is 12.1 Å². The van der Waals surface area contributed by atoms with Gasteiger partial charge in [-0.3, -0.25) is 4.39 Å². The molecule has 0 unspecified atom stereocenters. The monoisotopic (exact) mass is 341 g/mol. The van der Waals surface area contributed by atoms with Crippen molar-refractivity contribution in [1.82, 2.24) is 4.90 Å². The summed E-state index contributed by atoms with van der Waals surface area (Å²) in [5.74, 6) is 0.0758. The molecule has 0 aliphatic carbocycles. The zero-order valence-electron chi connectivity index (χ0n) is 14.8. The Kier molecular flexibility index (Phi) is 6.90. The number of aryl methyl sites for hydroxylation is 1. The largest absolute Gasteiger partial charge is 0.423 e. The fraction of sp³-hybridized carbons (Fsp3) is 0.286. The lowest BCUT2D eigenvalue weighted by molar-refractivity contribution is -0.130. The molecule has 0 spiro atoms. The molecule has 0 atom stereocenters. The minimum Gasteiger partial charge on any atom is -0.423 e. The third-order valence-electron chi connectivity index (χ3n) is 3.75. The van der Waals surface area contributed by atoms with Crippen LogP contribution >= 0.6 is 0 Å². The zero-order chi connectivity index (χ0) is 18.2. The standard InChI is InChI=1S/C21H24FNO2/c1-16(15-23(2)3)21(24)25-20-12-10-19(11-13-20)18-8-6-17(7-9-18)5-4-14-22/h6-13H,1,4-5,14-15H2,2-3H3. The maximum Gasteiger partial charge on any atom is 0.340 e. The topological polar surface area (TPSA) is 29.5 Å². The summed E-state index contributed by atoms with van der Waals surface area (Å²) in [4.78, 5) is 13.8. The van der Waals surface area contributed by atoms with Crippen LogP contribution in [0.5, 0.6) is 5.75 Å². The summed E-state index contributed by atoms with van der Waals surface area (Å²) in [5.41, 5.74) is 3.65. The number of ether oxygens (including phenoxy) is 1. The molecule has 0 amide bonds. The van der Waals surface area contributed by atoms with E-state index in [0.717, 1.165) is 23.1 Å². The number of carbonyl (C=O) groups excluding carboxylic acids is 1. The first kappa shape index (κ1) is 18.9. The van der Waals surface area contributed by atoms with E-state index in [-0.39, 0.29) is 6.67 Å². The summed E-state index contributed by atoms with van der Waals surface area (Å²) in [6.07, 6.45) is 1.31. The molecule has 0 bridgehead atoms. The Hall–Kier alpha value is -2.46. The number of likely N-dealkylation sites (N-methyl/N-ethyl adjacent to an activating group) is 1. The maximum atomic E-state index is 12.2. The molecule has 0 aromatic heterocycles. The molecular formula is C21H24FNO2. The highest BCUT2D eigenvalue weighted by Gasteiger charge is 2.11. The molecule has 0 heterocycles. The number of benzene rings is 2. The van der Waals surface area contributed by atoms with Gasteiger partial charge in [0.25, 0.3) is 0 Å². The molecule has 0 aliphatic rings. The number of esters is 1. The van der Waals surface area contributed by atoms with Gasteiger partial charge in [-0.1, -0.05) is 43.0 Å². The molecule has 132 valence electrons. The molecule has 25 heavy (non-hydrogen) atoms. The number of alkyl halides is 1. The zero-order valence-corrected chi connectivity index (χ0v) is 14.8. The number of carbonyl (C=O) groups is 1. The van der Waals surface area contributed by atoms with Crippen molar-refractivity contribution >= 4 is 5.97 Å². The Bertz CT molecular complexity index is 706. The van der Waals surface area contributed by atoms with Crippen molar-refractivity contribution in [2.24, 2.45) is 0 Å². The number of nitrogens with zero attached hydrogens (tertiary/aromatic N) is 1. The lowest BCUT2D eigenvalue weighted by atomic mass is 10.0. The van der Waals surface area contributed by atoms with Gasteiger partial charge in [-0.25, -0.2) is 4.79 Å². The second-order valence-electron chi connectivity index (χ2n) is 6.24. The van der Waals surface area contributed by atoms with E-state index in [1.165, 1.54) is 0 Å². The van der Waals surface area contributed by atoms with Gasteiger partial charge >= 0.3 is 5.97 Å². The van der Waals surface area contributed by atoms with Gasteiger partial charge in [-0.2, -0.15) is 0 Å². The second kappa shape index (κ2) is 9.14. The summed E-state index contributed by atoms with van der Waals surface area (Å²) in [7, 11) is 3.74. The number of rotatable bonds is 8. The van der Waals surface area contributed by atoms with Crippen molar-refractivity contribution in [1.29, 1.82) is 0 Å². The third kappa shape index (κ3) is 5.84. The Balaban J connectivity index is 1.99. The molecule has 2 aromatic carbocycles. The van der Waals surface area contributed by atoms with Crippen molar-refractivity contribution in [3.8, 4) is 16.9 Å². The van der Waals surface area contributed by atoms with Crippen LogP contribution in [0.2, 0.25) is 0 Å². The van der Waals surface area contributed by atoms with Gasteiger partial charge in [0.1, 0.15) is 5.75 Å². The van der Waals surface area contributed by atoms with Crippen LogP contribution in [0.3, 0.4) is 0 Å². The Morgan fingerprint density at radius 1 is 1.04 bits per heavy atom. The van der Waals surface area contributed by atoms with Crippen LogP contribution in [0.1, 0.15) is 12.0 Å². The van der Waals surface area contributed by atoms with Crippen LogP contribution in [0.15, 0.2) is 60.7 Å². The molecule has 0 N–H and O–H groups in total. The van der Waals surface area contributed by atoms with Crippen molar-refractivity contribution < 1.29 is 13.9 Å². The number of halogens is 1. The van der Waals surface area contributed by atoms with Gasteiger partial charge in [0.15, 0.2) is 0 Å². The van der Waals surface area contributed by atoms with Crippen molar-refractivity contribution in [3.63, 3.8) is 0 Å². The molecule has 2 aromatic rings. The molecule has 0 radical (unpaired) electrons. The molecule has 0 fully saturated rings. The average molecular weight is 341 g/mol. The summed E-state index contributed by atoms with van der Waals surface area (Å²) in [5, 5.41) is 0. The molecule has 2 rings (SSSR count). The summed E-state index contributed by atoms with van der Waals surface area (Å²) >= 11 is 0. The second-order valence-corrected chi connectivity index (χ2v) is 6.24. The SMILES string of the molecule is C=C(CN(C)C)C(=O)Oc1ccc(-c2ccc(CCCF)cc2)cc1. The van der Waals surface area contributed by atoms with Crippen LogP contribution in [0.25, 0.3) is 11.1 Å².